The number of nitrogens with one attached hydrogen (secondary N) is 2. The number of carbonyl (C=O) groups is 2. The molecule has 0 aliphatic heterocycles. The van der Waals surface area contributed by atoms with E-state index in [1.54, 1.807) is 27.7 Å². The Labute approximate surface area is 111 Å². The van der Waals surface area contributed by atoms with Crippen LogP contribution in [0.15, 0.2) is 6.33 Å². The number of aromatic nitrogens is 2. The number of rotatable bonds is 4. The predicted molar refractivity (Wildman–Crippen MR) is 67.7 cm³/mol. The molecule has 0 aromatic carbocycles. The SMILES string of the molecule is Cc1[nH]cnc1[C@@H](CC(=O)O)NC(=O)OC(C)(C)C. The van der Waals surface area contributed by atoms with Gasteiger partial charge in [0.2, 0.25) is 0 Å². The summed E-state index contributed by atoms with van der Waals surface area (Å²) in [6.45, 7) is 6.96. The first-order valence-electron chi connectivity index (χ1n) is 5.90. The molecule has 0 aliphatic rings. The van der Waals surface area contributed by atoms with Crippen molar-refractivity contribution in [1.29, 1.82) is 0 Å². The number of carboxylic acids is 1. The highest BCUT2D eigenvalue weighted by molar-refractivity contribution is 5.72. The molecule has 7 heteroatoms. The molecule has 1 aromatic rings. The number of hydrogen-bond acceptors (Lipinski definition) is 4. The number of aliphatic carboxylic acids is 1. The normalized spacial score (nSPS) is 12.8. The highest BCUT2D eigenvalue weighted by Crippen LogP contribution is 2.18. The van der Waals surface area contributed by atoms with Gasteiger partial charge in [-0.25, -0.2) is 9.78 Å². The average molecular weight is 269 g/mol. The molecule has 0 saturated carbocycles. The number of alkyl carbamates (subject to hydrolysis) is 1. The minimum atomic E-state index is -1.02. The van der Waals surface area contributed by atoms with E-state index in [4.69, 9.17) is 9.84 Å². The largest absolute Gasteiger partial charge is 0.481 e. The van der Waals surface area contributed by atoms with Crippen molar-refractivity contribution in [2.75, 3.05) is 0 Å². The average Bonchev–Trinajstić information content (AvgIpc) is 2.59. The van der Waals surface area contributed by atoms with Gasteiger partial charge in [-0.3, -0.25) is 4.79 Å². The summed E-state index contributed by atoms with van der Waals surface area (Å²) in [5, 5.41) is 11.4. The Hall–Kier alpha value is -2.05. The first-order valence-corrected chi connectivity index (χ1v) is 5.90. The zero-order chi connectivity index (χ0) is 14.6. The minimum Gasteiger partial charge on any atom is -0.481 e. The van der Waals surface area contributed by atoms with Gasteiger partial charge in [0.05, 0.1) is 24.5 Å². The lowest BCUT2D eigenvalue weighted by atomic mass is 10.1. The number of carbonyl (C=O) groups excluding carboxylic acids is 1. The van der Waals surface area contributed by atoms with Gasteiger partial charge in [-0.1, -0.05) is 0 Å². The van der Waals surface area contributed by atoms with Gasteiger partial charge in [0.25, 0.3) is 0 Å². The predicted octanol–water partition coefficient (Wildman–Crippen LogP) is 1.76. The number of imidazole rings is 1. The summed E-state index contributed by atoms with van der Waals surface area (Å²) in [6.07, 6.45) is 0.530. The molecule has 1 amide bonds. The van der Waals surface area contributed by atoms with E-state index in [1.165, 1.54) is 6.33 Å². The van der Waals surface area contributed by atoms with Crippen molar-refractivity contribution in [3.05, 3.63) is 17.7 Å². The Balaban J connectivity index is 2.79. The summed E-state index contributed by atoms with van der Waals surface area (Å²) >= 11 is 0. The molecule has 1 rings (SSSR count). The van der Waals surface area contributed by atoms with Crippen molar-refractivity contribution in [2.45, 2.75) is 45.8 Å². The minimum absolute atomic E-state index is 0.259. The van der Waals surface area contributed by atoms with Crippen LogP contribution in [0.4, 0.5) is 4.79 Å². The van der Waals surface area contributed by atoms with Gasteiger partial charge in [0.15, 0.2) is 0 Å². The molecule has 0 radical (unpaired) electrons. The summed E-state index contributed by atoms with van der Waals surface area (Å²) in [5.41, 5.74) is 0.564. The van der Waals surface area contributed by atoms with Crippen LogP contribution in [-0.4, -0.2) is 32.7 Å². The first kappa shape index (κ1) is 15.0. The number of aromatic amines is 1. The van der Waals surface area contributed by atoms with Crippen LogP contribution < -0.4 is 5.32 Å². The smallest absolute Gasteiger partial charge is 0.408 e. The maximum atomic E-state index is 11.7. The van der Waals surface area contributed by atoms with Gasteiger partial charge in [-0.15, -0.1) is 0 Å². The molecule has 0 unspecified atom stereocenters. The molecule has 7 nitrogen and oxygen atoms in total. The molecular weight excluding hydrogens is 250 g/mol. The maximum absolute atomic E-state index is 11.7. The molecule has 1 heterocycles. The Morgan fingerprint density at radius 2 is 2.16 bits per heavy atom. The van der Waals surface area contributed by atoms with Crippen molar-refractivity contribution < 1.29 is 19.4 Å². The molecule has 0 aliphatic carbocycles. The number of aryl methyl sites for hydroxylation is 1. The highest BCUT2D eigenvalue weighted by atomic mass is 16.6. The molecule has 3 N–H and O–H groups in total. The molecule has 0 spiro atoms. The number of amides is 1. The van der Waals surface area contributed by atoms with Crippen LogP contribution in [0.25, 0.3) is 0 Å². The van der Waals surface area contributed by atoms with Crippen LogP contribution in [-0.2, 0) is 9.53 Å². The molecule has 0 saturated heterocycles. The standard InChI is InChI=1S/C12H19N3O4/c1-7-10(14-6-13-7)8(5-9(16)17)15-11(18)19-12(2,3)4/h6,8H,5H2,1-4H3,(H,13,14)(H,15,18)(H,16,17)/t8-/m1/s1. The quantitative estimate of drug-likeness (QED) is 0.772. The number of H-pyrrole nitrogens is 1. The first-order chi connectivity index (χ1) is 8.69. The molecule has 0 bridgehead atoms. The second-order valence-electron chi connectivity index (χ2n) is 5.21. The van der Waals surface area contributed by atoms with E-state index in [9.17, 15) is 9.59 Å². The van der Waals surface area contributed by atoms with Crippen LogP contribution in [0.3, 0.4) is 0 Å². The molecule has 1 aromatic heterocycles. The molecule has 1 atom stereocenters. The second-order valence-corrected chi connectivity index (χ2v) is 5.21. The number of hydrogen-bond donors (Lipinski definition) is 3. The van der Waals surface area contributed by atoms with Gasteiger partial charge < -0.3 is 20.1 Å². The van der Waals surface area contributed by atoms with Gasteiger partial charge in [-0.05, 0) is 27.7 Å². The van der Waals surface area contributed by atoms with Gasteiger partial charge >= 0.3 is 12.1 Å². The Kier molecular flexibility index (Phi) is 4.52. The van der Waals surface area contributed by atoms with E-state index in [1.807, 2.05) is 0 Å². The molecule has 19 heavy (non-hydrogen) atoms. The molecule has 106 valence electrons. The fraction of sp³-hybridized carbons (Fsp3) is 0.583. The van der Waals surface area contributed by atoms with Crippen LogP contribution in [0, 0.1) is 6.92 Å². The number of carboxylic acid groups (broad SMARTS) is 1. The summed E-state index contributed by atoms with van der Waals surface area (Å²) in [6, 6.07) is -0.724. The molecular formula is C12H19N3O4. The third kappa shape index (κ3) is 4.99. The summed E-state index contributed by atoms with van der Waals surface area (Å²) in [4.78, 5) is 29.4. The maximum Gasteiger partial charge on any atom is 0.408 e. The van der Waals surface area contributed by atoms with E-state index in [0.29, 0.717) is 11.4 Å². The second kappa shape index (κ2) is 5.73. The van der Waals surface area contributed by atoms with E-state index >= 15 is 0 Å². The van der Waals surface area contributed by atoms with E-state index in [2.05, 4.69) is 15.3 Å². The lowest BCUT2D eigenvalue weighted by Gasteiger charge is -2.22. The van der Waals surface area contributed by atoms with Crippen LogP contribution in [0.5, 0.6) is 0 Å². The van der Waals surface area contributed by atoms with Gasteiger partial charge in [0, 0.05) is 5.69 Å². The van der Waals surface area contributed by atoms with Crippen LogP contribution in [0.2, 0.25) is 0 Å². The summed E-state index contributed by atoms with van der Waals surface area (Å²) in [5.74, 6) is -1.02. The fourth-order valence-electron chi connectivity index (χ4n) is 1.56. The fourth-order valence-corrected chi connectivity index (χ4v) is 1.56. The third-order valence-electron chi connectivity index (χ3n) is 2.27. The Morgan fingerprint density at radius 3 is 2.58 bits per heavy atom. The van der Waals surface area contributed by atoms with E-state index < -0.39 is 23.7 Å². The highest BCUT2D eigenvalue weighted by Gasteiger charge is 2.24. The monoisotopic (exact) mass is 269 g/mol. The van der Waals surface area contributed by atoms with Crippen molar-refractivity contribution in [3.63, 3.8) is 0 Å². The van der Waals surface area contributed by atoms with Gasteiger partial charge in [0.1, 0.15) is 5.60 Å². The van der Waals surface area contributed by atoms with Crippen molar-refractivity contribution in [2.24, 2.45) is 0 Å². The van der Waals surface area contributed by atoms with Crippen molar-refractivity contribution >= 4 is 12.1 Å². The third-order valence-corrected chi connectivity index (χ3v) is 2.27. The lowest BCUT2D eigenvalue weighted by molar-refractivity contribution is -0.137. The van der Waals surface area contributed by atoms with E-state index in [-0.39, 0.29) is 6.42 Å². The van der Waals surface area contributed by atoms with E-state index in [0.717, 1.165) is 0 Å². The molecule has 0 fully saturated rings. The zero-order valence-electron chi connectivity index (χ0n) is 11.5. The number of nitrogens with zero attached hydrogens (tertiary/aromatic N) is 1. The Morgan fingerprint density at radius 1 is 1.53 bits per heavy atom. The zero-order valence-corrected chi connectivity index (χ0v) is 11.5. The Bertz CT molecular complexity index is 462. The van der Waals surface area contributed by atoms with Crippen molar-refractivity contribution in [3.8, 4) is 0 Å². The summed E-state index contributed by atoms with van der Waals surface area (Å²) < 4.78 is 5.11. The van der Waals surface area contributed by atoms with Gasteiger partial charge in [-0.2, -0.15) is 0 Å². The summed E-state index contributed by atoms with van der Waals surface area (Å²) in [7, 11) is 0. The number of ether oxygens (including phenoxy) is 1. The van der Waals surface area contributed by atoms with Crippen LogP contribution >= 0.6 is 0 Å². The van der Waals surface area contributed by atoms with Crippen LogP contribution in [0.1, 0.15) is 44.6 Å². The topological polar surface area (TPSA) is 104 Å². The lowest BCUT2D eigenvalue weighted by Crippen LogP contribution is -2.36. The van der Waals surface area contributed by atoms with Crippen molar-refractivity contribution in [1.82, 2.24) is 15.3 Å².